The van der Waals surface area contributed by atoms with E-state index in [1.807, 2.05) is 12.2 Å². The van der Waals surface area contributed by atoms with Gasteiger partial charge in [-0.3, -0.25) is 0 Å². The average Bonchev–Trinajstić information content (AvgIpc) is 2.34. The van der Waals surface area contributed by atoms with E-state index >= 15 is 0 Å². The van der Waals surface area contributed by atoms with Crippen LogP contribution in [-0.2, 0) is 5.41 Å². The van der Waals surface area contributed by atoms with E-state index in [1.54, 1.807) is 0 Å². The van der Waals surface area contributed by atoms with E-state index in [9.17, 15) is 0 Å². The van der Waals surface area contributed by atoms with Crippen LogP contribution in [-0.4, -0.2) is 0 Å². The normalized spacial score (nSPS) is 12.5. The van der Waals surface area contributed by atoms with Gasteiger partial charge in [-0.1, -0.05) is 72.9 Å². The summed E-state index contributed by atoms with van der Waals surface area (Å²) in [5, 5.41) is 3.30. The molecule has 0 aliphatic heterocycles. The molecule has 0 aliphatic carbocycles. The van der Waals surface area contributed by atoms with Crippen molar-refractivity contribution in [3.05, 3.63) is 66.4 Å². The van der Waals surface area contributed by atoms with E-state index in [2.05, 4.69) is 84.3 Å². The molecule has 0 saturated heterocycles. The lowest BCUT2D eigenvalue weighted by Gasteiger charge is -2.20. The molecule has 1 aromatic carbocycles. The molecule has 1 aromatic rings. The van der Waals surface area contributed by atoms with Gasteiger partial charge in [0.25, 0.3) is 0 Å². The maximum atomic E-state index is 4.09. The molecule has 0 aliphatic rings. The molecule has 0 unspecified atom stereocenters. The average molecular weight is 283 g/mol. The van der Waals surface area contributed by atoms with Crippen LogP contribution in [0.4, 0.5) is 5.69 Å². The van der Waals surface area contributed by atoms with Crippen molar-refractivity contribution >= 4 is 5.69 Å². The highest BCUT2D eigenvalue weighted by molar-refractivity contribution is 5.52. The molecule has 0 spiro atoms. The minimum Gasteiger partial charge on any atom is -0.356 e. The van der Waals surface area contributed by atoms with Gasteiger partial charge in [0.1, 0.15) is 0 Å². The van der Waals surface area contributed by atoms with Gasteiger partial charge in [-0.15, -0.1) is 0 Å². The summed E-state index contributed by atoms with van der Waals surface area (Å²) >= 11 is 0. The fourth-order valence-corrected chi connectivity index (χ4v) is 1.73. The van der Waals surface area contributed by atoms with Crippen LogP contribution in [0.3, 0.4) is 0 Å². The number of benzene rings is 1. The quantitative estimate of drug-likeness (QED) is 0.661. The van der Waals surface area contributed by atoms with Crippen LogP contribution in [0.2, 0.25) is 0 Å². The smallest absolute Gasteiger partial charge is 0.0384 e. The molecule has 0 radical (unpaired) electrons. The van der Waals surface area contributed by atoms with Gasteiger partial charge in [-0.25, -0.2) is 0 Å². The van der Waals surface area contributed by atoms with Crippen molar-refractivity contribution in [2.45, 2.75) is 47.0 Å². The first-order valence-corrected chi connectivity index (χ1v) is 7.44. The van der Waals surface area contributed by atoms with Gasteiger partial charge in [0.05, 0.1) is 0 Å². The molecule has 0 atom stereocenters. The summed E-state index contributed by atoms with van der Waals surface area (Å²) in [6.07, 6.45) is 4.00. The second kappa shape index (κ2) is 6.34. The molecule has 114 valence electrons. The molecular weight excluding hydrogens is 254 g/mol. The first-order valence-electron chi connectivity index (χ1n) is 7.44. The van der Waals surface area contributed by atoms with Crippen LogP contribution in [0.5, 0.6) is 0 Å². The maximum Gasteiger partial charge on any atom is 0.0384 e. The van der Waals surface area contributed by atoms with Crippen molar-refractivity contribution in [3.8, 4) is 0 Å². The Morgan fingerprint density at radius 3 is 1.86 bits per heavy atom. The molecule has 0 aromatic heterocycles. The number of anilines is 1. The predicted molar refractivity (Wildman–Crippen MR) is 95.6 cm³/mol. The Kier molecular flexibility index (Phi) is 5.22. The second-order valence-electron chi connectivity index (χ2n) is 7.59. The van der Waals surface area contributed by atoms with Crippen LogP contribution in [0.1, 0.15) is 47.1 Å². The SMILES string of the molecule is C=C(/C=C\C(=C)C(C)(C)C)Nc1ccc(C(C)(C)C)cc1. The summed E-state index contributed by atoms with van der Waals surface area (Å²) < 4.78 is 0. The van der Waals surface area contributed by atoms with Gasteiger partial charge in [0.2, 0.25) is 0 Å². The van der Waals surface area contributed by atoms with Crippen molar-refractivity contribution in [1.29, 1.82) is 0 Å². The Labute approximate surface area is 130 Å². The third-order valence-electron chi connectivity index (χ3n) is 3.50. The van der Waals surface area contributed by atoms with Gasteiger partial charge < -0.3 is 5.32 Å². The molecule has 1 N–H and O–H groups in total. The predicted octanol–water partition coefficient (Wildman–Crippen LogP) is 6.07. The maximum absolute atomic E-state index is 4.09. The fraction of sp³-hybridized carbons (Fsp3) is 0.400. The molecule has 0 amide bonds. The largest absolute Gasteiger partial charge is 0.356 e. The van der Waals surface area contributed by atoms with Gasteiger partial charge in [0, 0.05) is 11.4 Å². The Morgan fingerprint density at radius 1 is 0.905 bits per heavy atom. The molecule has 0 fully saturated rings. The van der Waals surface area contributed by atoms with Crippen molar-refractivity contribution in [1.82, 2.24) is 0 Å². The first-order chi connectivity index (χ1) is 9.50. The van der Waals surface area contributed by atoms with Crippen LogP contribution in [0.15, 0.2) is 60.8 Å². The zero-order chi connectivity index (χ0) is 16.3. The van der Waals surface area contributed by atoms with Gasteiger partial charge >= 0.3 is 0 Å². The van der Waals surface area contributed by atoms with Gasteiger partial charge in [0.15, 0.2) is 0 Å². The van der Waals surface area contributed by atoms with Crippen LogP contribution >= 0.6 is 0 Å². The van der Waals surface area contributed by atoms with Gasteiger partial charge in [-0.05, 0) is 40.2 Å². The summed E-state index contributed by atoms with van der Waals surface area (Å²) in [7, 11) is 0. The van der Waals surface area contributed by atoms with E-state index < -0.39 is 0 Å². The molecule has 21 heavy (non-hydrogen) atoms. The molecule has 1 nitrogen and oxygen atoms in total. The van der Waals surface area contributed by atoms with E-state index in [1.165, 1.54) is 5.56 Å². The van der Waals surface area contributed by atoms with Gasteiger partial charge in [-0.2, -0.15) is 0 Å². The topological polar surface area (TPSA) is 12.0 Å². The summed E-state index contributed by atoms with van der Waals surface area (Å²) in [6, 6.07) is 8.51. The Morgan fingerprint density at radius 2 is 1.43 bits per heavy atom. The number of rotatable bonds is 4. The fourth-order valence-electron chi connectivity index (χ4n) is 1.73. The molecule has 0 bridgehead atoms. The van der Waals surface area contributed by atoms with Crippen LogP contribution < -0.4 is 5.32 Å². The number of allylic oxidation sites excluding steroid dienone is 3. The molecular formula is C20H29N. The van der Waals surface area contributed by atoms with E-state index in [0.29, 0.717) is 0 Å². The van der Waals surface area contributed by atoms with Crippen LogP contribution in [0.25, 0.3) is 0 Å². The Bertz CT molecular complexity index is 531. The van der Waals surface area contributed by atoms with Crippen molar-refractivity contribution in [3.63, 3.8) is 0 Å². The Balaban J connectivity index is 2.68. The molecule has 1 heteroatoms. The minimum atomic E-state index is 0.0884. The Hall–Kier alpha value is -1.76. The van der Waals surface area contributed by atoms with Crippen molar-refractivity contribution in [2.75, 3.05) is 5.32 Å². The lowest BCUT2D eigenvalue weighted by molar-refractivity contribution is 0.519. The lowest BCUT2D eigenvalue weighted by atomic mass is 9.87. The van der Waals surface area contributed by atoms with E-state index in [4.69, 9.17) is 0 Å². The standard InChI is InChI=1S/C20H29N/c1-15(19(3,4)5)9-10-16(2)21-18-13-11-17(12-14-18)20(6,7)8/h9-14,21H,1-2H2,3-8H3/b10-9-. The highest BCUT2D eigenvalue weighted by atomic mass is 14.9. The third-order valence-corrected chi connectivity index (χ3v) is 3.50. The highest BCUT2D eigenvalue weighted by Gasteiger charge is 2.13. The number of hydrogen-bond acceptors (Lipinski definition) is 1. The van der Waals surface area contributed by atoms with Crippen LogP contribution in [0, 0.1) is 5.41 Å². The molecule has 0 heterocycles. The first kappa shape index (κ1) is 17.3. The minimum absolute atomic E-state index is 0.0884. The second-order valence-corrected chi connectivity index (χ2v) is 7.59. The van der Waals surface area contributed by atoms with E-state index in [-0.39, 0.29) is 10.8 Å². The zero-order valence-electron chi connectivity index (χ0n) is 14.4. The van der Waals surface area contributed by atoms with Crippen molar-refractivity contribution < 1.29 is 0 Å². The van der Waals surface area contributed by atoms with E-state index in [0.717, 1.165) is 17.0 Å². The lowest BCUT2D eigenvalue weighted by Crippen LogP contribution is -2.10. The highest BCUT2D eigenvalue weighted by Crippen LogP contribution is 2.25. The summed E-state index contributed by atoms with van der Waals surface area (Å²) in [5.74, 6) is 0. The third kappa shape index (κ3) is 5.63. The molecule has 1 rings (SSSR count). The van der Waals surface area contributed by atoms with Crippen molar-refractivity contribution in [2.24, 2.45) is 5.41 Å². The zero-order valence-corrected chi connectivity index (χ0v) is 14.4. The summed E-state index contributed by atoms with van der Waals surface area (Å²) in [6.45, 7) is 21.2. The molecule has 0 saturated carbocycles. The summed E-state index contributed by atoms with van der Waals surface area (Å²) in [5.41, 5.74) is 4.61. The summed E-state index contributed by atoms with van der Waals surface area (Å²) in [4.78, 5) is 0. The number of nitrogens with one attached hydrogen (secondary N) is 1. The monoisotopic (exact) mass is 283 g/mol. The number of hydrogen-bond donors (Lipinski definition) is 1.